The first-order chi connectivity index (χ1) is 21.5. The summed E-state index contributed by atoms with van der Waals surface area (Å²) >= 11 is 0. The van der Waals surface area contributed by atoms with Gasteiger partial charge < -0.3 is 20.3 Å². The number of esters is 1. The summed E-state index contributed by atoms with van der Waals surface area (Å²) in [5.74, 6) is -0.00287. The minimum Gasteiger partial charge on any atom is -0.511 e. The van der Waals surface area contributed by atoms with Gasteiger partial charge in [0, 0.05) is 63.9 Å². The van der Waals surface area contributed by atoms with Crippen molar-refractivity contribution >= 4 is 23.1 Å². The Hall–Kier alpha value is -4.30. The van der Waals surface area contributed by atoms with Crippen LogP contribution in [0.5, 0.6) is 0 Å². The number of aliphatic hydroxyl groups is 2. The fourth-order valence-corrected chi connectivity index (χ4v) is 7.58. The van der Waals surface area contributed by atoms with Crippen molar-refractivity contribution in [3.63, 3.8) is 0 Å². The fraction of sp³-hybridized carbons (Fsp3) is 0.405. The van der Waals surface area contributed by atoms with Gasteiger partial charge >= 0.3 is 5.97 Å². The van der Waals surface area contributed by atoms with E-state index in [1.807, 2.05) is 32.1 Å². The zero-order valence-electron chi connectivity index (χ0n) is 27.3. The van der Waals surface area contributed by atoms with E-state index in [-0.39, 0.29) is 24.2 Å². The van der Waals surface area contributed by atoms with E-state index in [1.54, 1.807) is 6.92 Å². The van der Waals surface area contributed by atoms with Crippen molar-refractivity contribution in [2.24, 2.45) is 26.8 Å². The maximum absolute atomic E-state index is 12.3. The van der Waals surface area contributed by atoms with Crippen LogP contribution in [0.4, 0.5) is 0 Å². The molecule has 5 aliphatic heterocycles. The van der Waals surface area contributed by atoms with Gasteiger partial charge in [0.2, 0.25) is 0 Å². The van der Waals surface area contributed by atoms with Crippen molar-refractivity contribution in [3.8, 4) is 0 Å². The highest BCUT2D eigenvalue weighted by molar-refractivity contribution is 6.21. The highest BCUT2D eigenvalue weighted by Gasteiger charge is 2.42. The molecule has 1 aliphatic carbocycles. The van der Waals surface area contributed by atoms with Crippen molar-refractivity contribution in [2.45, 2.75) is 79.8 Å². The van der Waals surface area contributed by atoms with Crippen LogP contribution in [0.25, 0.3) is 0 Å². The zero-order chi connectivity index (χ0) is 32.3. The molecule has 0 saturated carbocycles. The number of carbonyl (C=O) groups excluding carboxylic acids is 1. The molecule has 45 heavy (non-hydrogen) atoms. The molecule has 1 unspecified atom stereocenters. The van der Waals surface area contributed by atoms with E-state index in [2.05, 4.69) is 32.7 Å². The van der Waals surface area contributed by atoms with Crippen molar-refractivity contribution in [3.05, 3.63) is 104 Å². The Balaban J connectivity index is 1.67. The number of fused-ring (bicyclic) bond motifs is 5. The monoisotopic (exact) mass is 606 g/mol. The molecule has 0 radical (unpaired) electrons. The third-order valence-electron chi connectivity index (χ3n) is 9.99. The predicted molar refractivity (Wildman–Crippen MR) is 179 cm³/mol. The van der Waals surface area contributed by atoms with Crippen LogP contribution in [0.15, 0.2) is 119 Å². The first-order valence-electron chi connectivity index (χ1n) is 15.8. The van der Waals surface area contributed by atoms with Crippen molar-refractivity contribution < 1.29 is 19.7 Å². The lowest BCUT2D eigenvalue weighted by Crippen LogP contribution is -2.17. The standard InChI is InChI=1S/C37H42N4O4/c1-9-11-24-33-18(4)23(12-13-31(44)45-8)36(41-33)26-15-30(43)25-14-27(39-37(25)26)19(5)34-22(10-2)17(3)28(38-34)16-29-32(21(7)42)20(6)35(24)40-29/h9,14,16,18,21,23,41-43H,1,10-13,15H2,2-8H3/t18-,21?,23-/m0/s1. The van der Waals surface area contributed by atoms with Crippen LogP contribution in [0.1, 0.15) is 73.6 Å². The normalized spacial score (nSPS) is 24.8. The van der Waals surface area contributed by atoms with Crippen molar-refractivity contribution in [1.29, 1.82) is 0 Å². The number of methoxy groups -OCH3 is 1. The van der Waals surface area contributed by atoms with E-state index < -0.39 is 6.10 Å². The Bertz CT molecular complexity index is 1800. The summed E-state index contributed by atoms with van der Waals surface area (Å²) in [4.78, 5) is 27.8. The molecule has 1 fully saturated rings. The van der Waals surface area contributed by atoms with Crippen LogP contribution in [-0.4, -0.2) is 46.5 Å². The molecule has 234 valence electrons. The molecule has 6 rings (SSSR count). The van der Waals surface area contributed by atoms with E-state index in [9.17, 15) is 15.0 Å². The Labute approximate surface area is 265 Å². The topological polar surface area (TPSA) is 116 Å². The summed E-state index contributed by atoms with van der Waals surface area (Å²) in [6.07, 6.45) is 7.68. The summed E-state index contributed by atoms with van der Waals surface area (Å²) in [5, 5.41) is 26.0. The summed E-state index contributed by atoms with van der Waals surface area (Å²) in [5.41, 5.74) is 14.3. The lowest BCUT2D eigenvalue weighted by molar-refractivity contribution is -0.140. The van der Waals surface area contributed by atoms with Crippen LogP contribution in [-0.2, 0) is 9.53 Å². The SMILES string of the molecule is C=CCC1=C2NC(=C3CC(O)=C4C=C(N=C43)C(C)=C3N=C(C=C4N=C1C(C)=C4C(C)O)C(C)=C3CC)[C@@H](CCC(=O)OC)[C@@H]2C. The maximum atomic E-state index is 12.3. The number of rotatable bonds is 7. The number of hydrogen-bond acceptors (Lipinski definition) is 8. The van der Waals surface area contributed by atoms with E-state index in [0.29, 0.717) is 30.7 Å². The molecule has 0 aromatic rings. The second-order valence-electron chi connectivity index (χ2n) is 12.6. The molecule has 0 aromatic carbocycles. The quantitative estimate of drug-likeness (QED) is 0.215. The Morgan fingerprint density at radius 2 is 1.82 bits per heavy atom. The molecule has 0 aromatic heterocycles. The van der Waals surface area contributed by atoms with E-state index >= 15 is 0 Å². The zero-order valence-corrected chi connectivity index (χ0v) is 27.3. The van der Waals surface area contributed by atoms with Gasteiger partial charge in [-0.05, 0) is 75.8 Å². The molecule has 8 bridgehead atoms. The largest absolute Gasteiger partial charge is 0.511 e. The van der Waals surface area contributed by atoms with Gasteiger partial charge in [-0.25, -0.2) is 15.0 Å². The van der Waals surface area contributed by atoms with E-state index in [4.69, 9.17) is 19.7 Å². The third-order valence-corrected chi connectivity index (χ3v) is 9.99. The van der Waals surface area contributed by atoms with Crippen LogP contribution in [0, 0.1) is 11.8 Å². The van der Waals surface area contributed by atoms with Crippen molar-refractivity contribution in [1.82, 2.24) is 5.32 Å². The minimum absolute atomic E-state index is 0.00322. The molecule has 3 N–H and O–H groups in total. The molecule has 1 saturated heterocycles. The van der Waals surface area contributed by atoms with Gasteiger partial charge in [-0.15, -0.1) is 6.58 Å². The number of aliphatic hydroxyl groups excluding tert-OH is 2. The number of allylic oxidation sites excluding steroid dienone is 12. The number of nitrogens with zero attached hydrogens (tertiary/aromatic N) is 3. The van der Waals surface area contributed by atoms with Gasteiger partial charge in [-0.1, -0.05) is 19.9 Å². The van der Waals surface area contributed by atoms with Gasteiger partial charge in [-0.3, -0.25) is 4.79 Å². The van der Waals surface area contributed by atoms with Crippen LogP contribution >= 0.6 is 0 Å². The molecule has 0 amide bonds. The molecule has 8 nitrogen and oxygen atoms in total. The molecule has 5 heterocycles. The summed E-state index contributed by atoms with van der Waals surface area (Å²) < 4.78 is 5.01. The fourth-order valence-electron chi connectivity index (χ4n) is 7.58. The number of ether oxygens (including phenoxy) is 1. The first kappa shape index (κ1) is 30.7. The Kier molecular flexibility index (Phi) is 7.89. The number of hydrogen-bond donors (Lipinski definition) is 3. The number of carbonyl (C=O) groups is 1. The summed E-state index contributed by atoms with van der Waals surface area (Å²) in [6.45, 7) is 16.3. The number of nitrogens with one attached hydrogen (secondary N) is 1. The maximum Gasteiger partial charge on any atom is 0.305 e. The molecular weight excluding hydrogens is 564 g/mol. The third kappa shape index (κ3) is 4.86. The van der Waals surface area contributed by atoms with E-state index in [0.717, 1.165) is 90.9 Å². The Morgan fingerprint density at radius 1 is 1.09 bits per heavy atom. The average molecular weight is 607 g/mol. The number of aliphatic imine (C=N–C) groups is 3. The highest BCUT2D eigenvalue weighted by atomic mass is 16.5. The van der Waals surface area contributed by atoms with Gasteiger partial charge in [0.1, 0.15) is 5.76 Å². The molecule has 8 heteroatoms. The van der Waals surface area contributed by atoms with Gasteiger partial charge in [0.15, 0.2) is 0 Å². The lowest BCUT2D eigenvalue weighted by atomic mass is 9.84. The summed E-state index contributed by atoms with van der Waals surface area (Å²) in [7, 11) is 1.41. The van der Waals surface area contributed by atoms with Gasteiger partial charge in [0.25, 0.3) is 0 Å². The molecule has 6 aliphatic rings. The van der Waals surface area contributed by atoms with Crippen LogP contribution in [0.3, 0.4) is 0 Å². The minimum atomic E-state index is -0.732. The first-order valence-corrected chi connectivity index (χ1v) is 15.8. The van der Waals surface area contributed by atoms with Gasteiger partial charge in [0.05, 0.1) is 47.4 Å². The second-order valence-corrected chi connectivity index (χ2v) is 12.6. The van der Waals surface area contributed by atoms with Gasteiger partial charge in [-0.2, -0.15) is 0 Å². The molecule has 0 spiro atoms. The second kappa shape index (κ2) is 11.6. The van der Waals surface area contributed by atoms with Crippen LogP contribution < -0.4 is 5.32 Å². The average Bonchev–Trinajstić information content (AvgIpc) is 3.79. The van der Waals surface area contributed by atoms with Crippen LogP contribution in [0.2, 0.25) is 0 Å². The van der Waals surface area contributed by atoms with E-state index in [1.165, 1.54) is 7.11 Å². The smallest absolute Gasteiger partial charge is 0.305 e. The lowest BCUT2D eigenvalue weighted by Gasteiger charge is -2.18. The summed E-state index contributed by atoms with van der Waals surface area (Å²) in [6, 6.07) is 0. The molecule has 3 atom stereocenters. The molecular formula is C37H42N4O4. The Morgan fingerprint density at radius 3 is 2.49 bits per heavy atom. The predicted octanol–water partition coefficient (Wildman–Crippen LogP) is 6.94. The van der Waals surface area contributed by atoms with Crippen molar-refractivity contribution in [2.75, 3.05) is 7.11 Å². The highest BCUT2D eigenvalue weighted by Crippen LogP contribution is 2.47.